The lowest BCUT2D eigenvalue weighted by molar-refractivity contribution is 0.146. The molecule has 0 atom stereocenters. The molecule has 3 nitrogen and oxygen atoms in total. The van der Waals surface area contributed by atoms with Gasteiger partial charge in [0.1, 0.15) is 11.4 Å². The van der Waals surface area contributed by atoms with Gasteiger partial charge < -0.3 is 9.64 Å². The largest absolute Gasteiger partial charge is 0.497 e. The van der Waals surface area contributed by atoms with E-state index < -0.39 is 6.43 Å². The van der Waals surface area contributed by atoms with Crippen LogP contribution in [-0.4, -0.2) is 19.1 Å². The van der Waals surface area contributed by atoms with Crippen LogP contribution in [0.15, 0.2) is 54.6 Å². The van der Waals surface area contributed by atoms with Crippen molar-refractivity contribution >= 4 is 22.3 Å². The smallest absolute Gasteiger partial charge is 0.280 e. The number of aromatic nitrogens is 1. The van der Waals surface area contributed by atoms with Gasteiger partial charge in [-0.05, 0) is 36.4 Å². The first-order valence-electron chi connectivity index (χ1n) is 7.16. The summed E-state index contributed by atoms with van der Waals surface area (Å²) >= 11 is 0. The molecule has 1 aromatic heterocycles. The van der Waals surface area contributed by atoms with Gasteiger partial charge in [0.2, 0.25) is 0 Å². The average Bonchev–Trinajstić information content (AvgIpc) is 2.60. The van der Waals surface area contributed by atoms with Crippen LogP contribution in [0.4, 0.5) is 20.2 Å². The van der Waals surface area contributed by atoms with Crippen LogP contribution in [0.1, 0.15) is 12.1 Å². The van der Waals surface area contributed by atoms with Gasteiger partial charge in [0.15, 0.2) is 0 Å². The first kappa shape index (κ1) is 15.2. The van der Waals surface area contributed by atoms with E-state index in [9.17, 15) is 8.78 Å². The molecule has 3 aromatic rings. The third-order valence-corrected chi connectivity index (χ3v) is 3.76. The fraction of sp³-hybridized carbons (Fsp3) is 0.167. The molecule has 23 heavy (non-hydrogen) atoms. The first-order chi connectivity index (χ1) is 11.1. The highest BCUT2D eigenvalue weighted by Crippen LogP contribution is 2.34. The van der Waals surface area contributed by atoms with Gasteiger partial charge in [0, 0.05) is 18.1 Å². The van der Waals surface area contributed by atoms with Crippen LogP contribution in [0.5, 0.6) is 5.75 Å². The Bertz CT molecular complexity index is 819. The molecule has 118 valence electrons. The molecule has 3 rings (SSSR count). The standard InChI is InChI=1S/C18H16F2N2O/c1-22(12-7-9-13(23-2)10-8-12)17-11-16(18(19)20)21-15-6-4-3-5-14(15)17/h3-11,18H,1-2H3. The van der Waals surface area contributed by atoms with E-state index >= 15 is 0 Å². The number of hydrogen-bond acceptors (Lipinski definition) is 3. The molecule has 0 fully saturated rings. The quantitative estimate of drug-likeness (QED) is 0.681. The second-order valence-electron chi connectivity index (χ2n) is 5.14. The van der Waals surface area contributed by atoms with Crippen LogP contribution in [-0.2, 0) is 0 Å². The molecule has 0 aliphatic heterocycles. The molecule has 0 saturated carbocycles. The number of nitrogens with zero attached hydrogens (tertiary/aromatic N) is 2. The van der Waals surface area contributed by atoms with Crippen molar-refractivity contribution in [1.82, 2.24) is 4.98 Å². The van der Waals surface area contributed by atoms with E-state index in [1.807, 2.05) is 48.3 Å². The number of benzene rings is 2. The Kier molecular flexibility index (Phi) is 4.10. The molecule has 0 amide bonds. The highest BCUT2D eigenvalue weighted by Gasteiger charge is 2.16. The van der Waals surface area contributed by atoms with Crippen molar-refractivity contribution < 1.29 is 13.5 Å². The second-order valence-corrected chi connectivity index (χ2v) is 5.14. The number of pyridine rings is 1. The highest BCUT2D eigenvalue weighted by atomic mass is 19.3. The number of rotatable bonds is 4. The van der Waals surface area contributed by atoms with Gasteiger partial charge in [-0.1, -0.05) is 18.2 Å². The van der Waals surface area contributed by atoms with E-state index in [1.54, 1.807) is 19.2 Å². The molecule has 0 aliphatic rings. The highest BCUT2D eigenvalue weighted by molar-refractivity contribution is 5.94. The van der Waals surface area contributed by atoms with E-state index in [0.717, 1.165) is 16.8 Å². The van der Waals surface area contributed by atoms with Crippen molar-refractivity contribution in [3.63, 3.8) is 0 Å². The minimum Gasteiger partial charge on any atom is -0.497 e. The van der Waals surface area contributed by atoms with Gasteiger partial charge in [0.05, 0.1) is 18.3 Å². The molecular weight excluding hydrogens is 298 g/mol. The van der Waals surface area contributed by atoms with Gasteiger partial charge in [-0.2, -0.15) is 0 Å². The lowest BCUT2D eigenvalue weighted by atomic mass is 10.1. The zero-order valence-electron chi connectivity index (χ0n) is 12.8. The average molecular weight is 314 g/mol. The van der Waals surface area contributed by atoms with Crippen LogP contribution < -0.4 is 9.64 Å². The summed E-state index contributed by atoms with van der Waals surface area (Å²) in [7, 11) is 3.45. The van der Waals surface area contributed by atoms with Gasteiger partial charge in [-0.25, -0.2) is 13.8 Å². The van der Waals surface area contributed by atoms with Crippen molar-refractivity contribution in [3.8, 4) is 5.75 Å². The maximum atomic E-state index is 13.1. The number of fused-ring (bicyclic) bond motifs is 1. The number of ether oxygens (including phenoxy) is 1. The summed E-state index contributed by atoms with van der Waals surface area (Å²) in [5, 5.41) is 0.829. The summed E-state index contributed by atoms with van der Waals surface area (Å²) < 4.78 is 31.4. The third-order valence-electron chi connectivity index (χ3n) is 3.76. The van der Waals surface area contributed by atoms with E-state index in [4.69, 9.17) is 4.74 Å². The maximum absolute atomic E-state index is 13.1. The summed E-state index contributed by atoms with van der Waals surface area (Å²) in [5.41, 5.74) is 1.90. The molecule has 0 spiro atoms. The molecule has 0 aliphatic carbocycles. The normalized spacial score (nSPS) is 11.0. The zero-order chi connectivity index (χ0) is 16.4. The van der Waals surface area contributed by atoms with Crippen molar-refractivity contribution in [2.75, 3.05) is 19.1 Å². The van der Waals surface area contributed by atoms with Crippen LogP contribution in [0.2, 0.25) is 0 Å². The van der Waals surface area contributed by atoms with Crippen molar-refractivity contribution in [1.29, 1.82) is 0 Å². The summed E-state index contributed by atoms with van der Waals surface area (Å²) in [6, 6.07) is 16.2. The van der Waals surface area contributed by atoms with Crippen molar-refractivity contribution in [2.45, 2.75) is 6.43 Å². The minimum absolute atomic E-state index is 0.223. The number of para-hydroxylation sites is 1. The lowest BCUT2D eigenvalue weighted by Gasteiger charge is -2.22. The Morgan fingerprint density at radius 1 is 1.04 bits per heavy atom. The number of hydrogen-bond donors (Lipinski definition) is 0. The lowest BCUT2D eigenvalue weighted by Crippen LogP contribution is -2.11. The predicted octanol–water partition coefficient (Wildman–Crippen LogP) is 4.95. The van der Waals surface area contributed by atoms with Gasteiger partial charge in [-0.15, -0.1) is 0 Å². The molecule has 2 aromatic carbocycles. The zero-order valence-corrected chi connectivity index (χ0v) is 12.8. The summed E-state index contributed by atoms with van der Waals surface area (Å²) in [6.45, 7) is 0. The minimum atomic E-state index is -2.61. The predicted molar refractivity (Wildman–Crippen MR) is 87.8 cm³/mol. The molecule has 1 heterocycles. The first-order valence-corrected chi connectivity index (χ1v) is 7.16. The van der Waals surface area contributed by atoms with E-state index in [-0.39, 0.29) is 5.69 Å². The Morgan fingerprint density at radius 2 is 1.74 bits per heavy atom. The fourth-order valence-corrected chi connectivity index (χ4v) is 2.51. The Balaban J connectivity index is 2.12. The number of methoxy groups -OCH3 is 1. The van der Waals surface area contributed by atoms with E-state index in [2.05, 4.69) is 4.98 Å². The molecule has 0 unspecified atom stereocenters. The second kappa shape index (κ2) is 6.20. The molecule has 0 radical (unpaired) electrons. The Hall–Kier alpha value is -2.69. The maximum Gasteiger partial charge on any atom is 0.280 e. The number of anilines is 2. The number of alkyl halides is 2. The molecule has 0 N–H and O–H groups in total. The summed E-state index contributed by atoms with van der Waals surface area (Å²) in [5.74, 6) is 0.745. The van der Waals surface area contributed by atoms with Crippen LogP contribution in [0.25, 0.3) is 10.9 Å². The summed E-state index contributed by atoms with van der Waals surface area (Å²) in [6.07, 6.45) is -2.61. The topological polar surface area (TPSA) is 25.4 Å². The van der Waals surface area contributed by atoms with E-state index in [0.29, 0.717) is 11.2 Å². The Labute approximate surface area is 133 Å². The monoisotopic (exact) mass is 314 g/mol. The van der Waals surface area contributed by atoms with Gasteiger partial charge >= 0.3 is 0 Å². The van der Waals surface area contributed by atoms with Crippen LogP contribution >= 0.6 is 0 Å². The van der Waals surface area contributed by atoms with Gasteiger partial charge in [0.25, 0.3) is 6.43 Å². The van der Waals surface area contributed by atoms with Crippen LogP contribution in [0.3, 0.4) is 0 Å². The number of halogens is 2. The van der Waals surface area contributed by atoms with E-state index in [1.165, 1.54) is 6.07 Å². The molecule has 0 bridgehead atoms. The third kappa shape index (κ3) is 2.95. The summed E-state index contributed by atoms with van der Waals surface area (Å²) in [4.78, 5) is 5.91. The van der Waals surface area contributed by atoms with Gasteiger partial charge in [-0.3, -0.25) is 0 Å². The SMILES string of the molecule is COc1ccc(N(C)c2cc(C(F)F)nc3ccccc23)cc1. The van der Waals surface area contributed by atoms with Crippen molar-refractivity contribution in [3.05, 3.63) is 60.3 Å². The Morgan fingerprint density at radius 3 is 2.39 bits per heavy atom. The van der Waals surface area contributed by atoms with Crippen molar-refractivity contribution in [2.24, 2.45) is 0 Å². The molecule has 5 heteroatoms. The fourth-order valence-electron chi connectivity index (χ4n) is 2.51. The molecule has 0 saturated heterocycles. The van der Waals surface area contributed by atoms with Crippen LogP contribution in [0, 0.1) is 0 Å². The molecular formula is C18H16F2N2O.